The largest absolute Gasteiger partial charge is 0.504 e. The van der Waals surface area contributed by atoms with Crippen molar-refractivity contribution in [3.63, 3.8) is 0 Å². The van der Waals surface area contributed by atoms with Gasteiger partial charge in [0, 0.05) is 5.33 Å². The summed E-state index contributed by atoms with van der Waals surface area (Å²) in [5.41, 5.74) is 0.0714. The number of hydrogen-bond acceptors (Lipinski definition) is 5. The highest BCUT2D eigenvalue weighted by atomic mass is 79.9. The van der Waals surface area contributed by atoms with Gasteiger partial charge in [-0.2, -0.15) is 0 Å². The molecule has 0 aliphatic heterocycles. The van der Waals surface area contributed by atoms with Crippen molar-refractivity contribution < 1.29 is 24.9 Å². The topological polar surface area (TPSA) is 87.0 Å². The first-order chi connectivity index (χ1) is 8.06. The number of phenolic OH excluding ortho intramolecular Hbond substituents is 1. The fourth-order valence-corrected chi connectivity index (χ4v) is 1.80. The standard InChI is InChI=1S/C11H13BrO5/c1-17-9-3-2-6(7(5-13)11(9)16)10(15)8(14)4-12/h2-3,5,8,10,14-16H,4H2,1H3. The number of aliphatic hydroxyl groups excluding tert-OH is 2. The molecule has 94 valence electrons. The summed E-state index contributed by atoms with van der Waals surface area (Å²) in [4.78, 5) is 10.9. The zero-order chi connectivity index (χ0) is 13.0. The fourth-order valence-electron chi connectivity index (χ4n) is 1.44. The molecule has 0 aliphatic rings. The van der Waals surface area contributed by atoms with Gasteiger partial charge < -0.3 is 20.1 Å². The second kappa shape index (κ2) is 6.00. The van der Waals surface area contributed by atoms with Crippen LogP contribution in [0.1, 0.15) is 22.0 Å². The number of carbonyl (C=O) groups excluding carboxylic acids is 1. The average Bonchev–Trinajstić information content (AvgIpc) is 2.36. The first-order valence-corrected chi connectivity index (χ1v) is 5.96. The van der Waals surface area contributed by atoms with E-state index in [4.69, 9.17) is 4.74 Å². The second-order valence-electron chi connectivity index (χ2n) is 3.40. The number of phenols is 1. The van der Waals surface area contributed by atoms with Crippen molar-refractivity contribution in [1.82, 2.24) is 0 Å². The van der Waals surface area contributed by atoms with E-state index in [0.29, 0.717) is 6.29 Å². The zero-order valence-corrected chi connectivity index (χ0v) is 10.7. The van der Waals surface area contributed by atoms with Gasteiger partial charge in [0.15, 0.2) is 17.8 Å². The normalized spacial score (nSPS) is 14.1. The summed E-state index contributed by atoms with van der Waals surface area (Å²) in [6.07, 6.45) is -1.91. The Hall–Kier alpha value is -1.11. The Balaban J connectivity index is 3.25. The van der Waals surface area contributed by atoms with Crippen LogP contribution in [0.5, 0.6) is 11.5 Å². The van der Waals surface area contributed by atoms with Crippen molar-refractivity contribution in [2.45, 2.75) is 12.2 Å². The van der Waals surface area contributed by atoms with E-state index in [2.05, 4.69) is 15.9 Å². The zero-order valence-electron chi connectivity index (χ0n) is 9.13. The highest BCUT2D eigenvalue weighted by molar-refractivity contribution is 9.09. The Morgan fingerprint density at radius 2 is 2.12 bits per heavy atom. The Bertz CT molecular complexity index is 407. The molecule has 0 saturated carbocycles. The number of carbonyl (C=O) groups is 1. The van der Waals surface area contributed by atoms with Crippen molar-refractivity contribution in [2.75, 3.05) is 12.4 Å². The third kappa shape index (κ3) is 2.77. The van der Waals surface area contributed by atoms with Gasteiger partial charge in [0.1, 0.15) is 6.10 Å². The lowest BCUT2D eigenvalue weighted by Crippen LogP contribution is -2.20. The molecule has 6 heteroatoms. The number of aldehydes is 1. The number of aromatic hydroxyl groups is 1. The van der Waals surface area contributed by atoms with Crippen molar-refractivity contribution in [3.8, 4) is 11.5 Å². The van der Waals surface area contributed by atoms with Crippen molar-refractivity contribution in [3.05, 3.63) is 23.3 Å². The lowest BCUT2D eigenvalue weighted by Gasteiger charge is -2.18. The summed E-state index contributed by atoms with van der Waals surface area (Å²) in [7, 11) is 1.35. The number of rotatable bonds is 5. The predicted octanol–water partition coefficient (Wildman–Crippen LogP) is 1.00. The molecular formula is C11H13BrO5. The van der Waals surface area contributed by atoms with Gasteiger partial charge in [0.25, 0.3) is 0 Å². The van der Waals surface area contributed by atoms with Gasteiger partial charge in [-0.15, -0.1) is 0 Å². The minimum absolute atomic E-state index is 0.0862. The lowest BCUT2D eigenvalue weighted by atomic mass is 9.98. The Labute approximate surface area is 107 Å². The van der Waals surface area contributed by atoms with E-state index in [9.17, 15) is 20.1 Å². The summed E-state index contributed by atoms with van der Waals surface area (Å²) >= 11 is 3.02. The highest BCUT2D eigenvalue weighted by Gasteiger charge is 2.23. The third-order valence-electron chi connectivity index (χ3n) is 2.39. The number of alkyl halides is 1. The molecule has 17 heavy (non-hydrogen) atoms. The first kappa shape index (κ1) is 14.0. The molecule has 0 spiro atoms. The van der Waals surface area contributed by atoms with Gasteiger partial charge in [0.05, 0.1) is 18.8 Å². The van der Waals surface area contributed by atoms with E-state index in [-0.39, 0.29) is 28.0 Å². The van der Waals surface area contributed by atoms with Crippen LogP contribution in [-0.4, -0.2) is 40.1 Å². The van der Waals surface area contributed by atoms with Crippen LogP contribution in [0.4, 0.5) is 0 Å². The van der Waals surface area contributed by atoms with Crippen LogP contribution in [0, 0.1) is 0 Å². The molecule has 0 aliphatic carbocycles. The molecule has 0 radical (unpaired) electrons. The van der Waals surface area contributed by atoms with Gasteiger partial charge in [-0.3, -0.25) is 4.79 Å². The fraction of sp³-hybridized carbons (Fsp3) is 0.364. The number of benzene rings is 1. The van der Waals surface area contributed by atoms with E-state index in [1.54, 1.807) is 0 Å². The van der Waals surface area contributed by atoms with Crippen LogP contribution in [-0.2, 0) is 0 Å². The van der Waals surface area contributed by atoms with Crippen LogP contribution >= 0.6 is 15.9 Å². The molecule has 0 bridgehead atoms. The van der Waals surface area contributed by atoms with Gasteiger partial charge >= 0.3 is 0 Å². The van der Waals surface area contributed by atoms with Crippen LogP contribution in [0.3, 0.4) is 0 Å². The molecule has 1 aromatic carbocycles. The minimum Gasteiger partial charge on any atom is -0.504 e. The van der Waals surface area contributed by atoms with Crippen LogP contribution < -0.4 is 4.74 Å². The predicted molar refractivity (Wildman–Crippen MR) is 64.8 cm³/mol. The van der Waals surface area contributed by atoms with Crippen LogP contribution in [0.2, 0.25) is 0 Å². The molecule has 0 fully saturated rings. The lowest BCUT2D eigenvalue weighted by molar-refractivity contribution is 0.0336. The maximum Gasteiger partial charge on any atom is 0.168 e. The third-order valence-corrected chi connectivity index (χ3v) is 3.06. The molecule has 1 rings (SSSR count). The number of aliphatic hydroxyl groups is 2. The van der Waals surface area contributed by atoms with E-state index in [1.165, 1.54) is 19.2 Å². The molecular weight excluding hydrogens is 292 g/mol. The van der Waals surface area contributed by atoms with Crippen LogP contribution in [0.25, 0.3) is 0 Å². The first-order valence-electron chi connectivity index (χ1n) is 4.83. The Morgan fingerprint density at radius 1 is 1.47 bits per heavy atom. The van der Waals surface area contributed by atoms with E-state index in [0.717, 1.165) is 0 Å². The molecule has 1 aromatic rings. The quantitative estimate of drug-likeness (QED) is 0.558. The molecule has 5 nitrogen and oxygen atoms in total. The Morgan fingerprint density at radius 3 is 2.59 bits per heavy atom. The average molecular weight is 305 g/mol. The summed E-state index contributed by atoms with van der Waals surface area (Å²) in [5.74, 6) is -0.211. The SMILES string of the molecule is COc1ccc(C(O)C(O)CBr)c(C=O)c1O. The maximum atomic E-state index is 10.9. The van der Waals surface area contributed by atoms with Gasteiger partial charge in [-0.25, -0.2) is 0 Å². The minimum atomic E-state index is -1.26. The number of hydrogen-bond donors (Lipinski definition) is 3. The smallest absolute Gasteiger partial charge is 0.168 e. The second-order valence-corrected chi connectivity index (χ2v) is 4.05. The van der Waals surface area contributed by atoms with Gasteiger partial charge in [-0.1, -0.05) is 22.0 Å². The van der Waals surface area contributed by atoms with Gasteiger partial charge in [0.2, 0.25) is 0 Å². The van der Waals surface area contributed by atoms with Crippen molar-refractivity contribution in [2.24, 2.45) is 0 Å². The molecule has 0 aromatic heterocycles. The molecule has 2 atom stereocenters. The molecule has 2 unspecified atom stereocenters. The monoisotopic (exact) mass is 304 g/mol. The maximum absolute atomic E-state index is 10.9. The highest BCUT2D eigenvalue weighted by Crippen LogP contribution is 2.34. The van der Waals surface area contributed by atoms with Crippen LogP contribution in [0.15, 0.2) is 12.1 Å². The molecule has 3 N–H and O–H groups in total. The number of methoxy groups -OCH3 is 1. The summed E-state index contributed by atoms with van der Waals surface area (Å²) in [6, 6.07) is 2.85. The number of ether oxygens (including phenoxy) is 1. The molecule has 0 heterocycles. The summed E-state index contributed by atoms with van der Waals surface area (Å²) in [5, 5.41) is 29.2. The van der Waals surface area contributed by atoms with E-state index in [1.807, 2.05) is 0 Å². The van der Waals surface area contributed by atoms with Crippen molar-refractivity contribution in [1.29, 1.82) is 0 Å². The summed E-state index contributed by atoms with van der Waals surface area (Å²) in [6.45, 7) is 0. The van der Waals surface area contributed by atoms with E-state index >= 15 is 0 Å². The molecule has 0 amide bonds. The van der Waals surface area contributed by atoms with Crippen molar-refractivity contribution >= 4 is 22.2 Å². The number of halogens is 1. The summed E-state index contributed by atoms with van der Waals surface area (Å²) < 4.78 is 4.85. The Kier molecular flexibility index (Phi) is 4.92. The molecule has 0 saturated heterocycles. The van der Waals surface area contributed by atoms with Gasteiger partial charge in [-0.05, 0) is 11.6 Å². The van der Waals surface area contributed by atoms with E-state index < -0.39 is 12.2 Å².